The molecule has 0 aliphatic rings. The topological polar surface area (TPSA) is 34.6 Å². The summed E-state index contributed by atoms with van der Waals surface area (Å²) in [7, 11) is 3.48. The molecule has 0 N–H and O–H groups in total. The molecule has 154 valence electrons. The fourth-order valence-corrected chi connectivity index (χ4v) is 4.57. The second kappa shape index (κ2) is 9.90. The van der Waals surface area contributed by atoms with Gasteiger partial charge in [-0.05, 0) is 43.5 Å². The number of anilines is 1. The van der Waals surface area contributed by atoms with Gasteiger partial charge in [-0.15, -0.1) is 11.3 Å². The van der Waals surface area contributed by atoms with Crippen LogP contribution >= 0.6 is 11.3 Å². The molecular weight excluding hydrogens is 380 g/mol. The molecule has 1 unspecified atom stereocenters. The maximum absolute atomic E-state index is 5.64. The second-order valence-electron chi connectivity index (χ2n) is 7.18. The monoisotopic (exact) mass is 410 g/mol. The number of nitrogens with zero attached hydrogens (tertiary/aromatic N) is 2. The van der Waals surface area contributed by atoms with Gasteiger partial charge in [0.1, 0.15) is 5.75 Å². The Morgan fingerprint density at radius 1 is 1.07 bits per heavy atom. The number of rotatable bonds is 9. The summed E-state index contributed by atoms with van der Waals surface area (Å²) in [6, 6.07) is 16.9. The summed E-state index contributed by atoms with van der Waals surface area (Å²) in [6.07, 6.45) is 1.04. The van der Waals surface area contributed by atoms with E-state index >= 15 is 0 Å². The Labute approximate surface area is 178 Å². The van der Waals surface area contributed by atoms with Crippen molar-refractivity contribution < 1.29 is 9.47 Å². The number of thiazole rings is 1. The van der Waals surface area contributed by atoms with E-state index in [1.807, 2.05) is 6.07 Å². The number of aryl methyl sites for hydroxylation is 2. The zero-order valence-electron chi connectivity index (χ0n) is 17.9. The van der Waals surface area contributed by atoms with Crippen LogP contribution in [0.3, 0.4) is 0 Å². The number of hydrogen-bond donors (Lipinski definition) is 0. The van der Waals surface area contributed by atoms with Crippen LogP contribution in [0.2, 0.25) is 0 Å². The van der Waals surface area contributed by atoms with Crippen LogP contribution in [0.25, 0.3) is 11.3 Å². The lowest BCUT2D eigenvalue weighted by Crippen LogP contribution is -2.32. The van der Waals surface area contributed by atoms with E-state index in [-0.39, 0.29) is 6.04 Å². The van der Waals surface area contributed by atoms with Gasteiger partial charge in [-0.25, -0.2) is 4.98 Å². The molecule has 0 aliphatic heterocycles. The average molecular weight is 411 g/mol. The maximum Gasteiger partial charge on any atom is 0.186 e. The van der Waals surface area contributed by atoms with Crippen molar-refractivity contribution in [3.05, 3.63) is 64.5 Å². The third kappa shape index (κ3) is 4.80. The molecule has 1 heterocycles. The van der Waals surface area contributed by atoms with Crippen LogP contribution in [0.1, 0.15) is 35.4 Å². The molecule has 0 saturated heterocycles. The van der Waals surface area contributed by atoms with E-state index in [0.717, 1.165) is 35.1 Å². The SMILES string of the molecule is CCCN(c1nc(-c2ccc(C)cc2OC)c(C)s1)C(COC)c1ccccc1. The van der Waals surface area contributed by atoms with Crippen LogP contribution in [-0.2, 0) is 4.74 Å². The van der Waals surface area contributed by atoms with E-state index in [4.69, 9.17) is 14.5 Å². The molecule has 1 atom stereocenters. The minimum absolute atomic E-state index is 0.125. The lowest BCUT2D eigenvalue weighted by molar-refractivity contribution is 0.177. The molecule has 0 fully saturated rings. The Kier molecular flexibility index (Phi) is 7.29. The summed E-state index contributed by atoms with van der Waals surface area (Å²) < 4.78 is 11.2. The van der Waals surface area contributed by atoms with Crippen molar-refractivity contribution in [2.75, 3.05) is 32.3 Å². The summed E-state index contributed by atoms with van der Waals surface area (Å²) in [5, 5.41) is 1.02. The molecule has 3 aromatic rings. The van der Waals surface area contributed by atoms with Crippen LogP contribution in [0.4, 0.5) is 5.13 Å². The lowest BCUT2D eigenvalue weighted by atomic mass is 10.1. The second-order valence-corrected chi connectivity index (χ2v) is 8.36. The van der Waals surface area contributed by atoms with E-state index in [1.165, 1.54) is 16.0 Å². The van der Waals surface area contributed by atoms with Gasteiger partial charge in [0.15, 0.2) is 5.13 Å². The Balaban J connectivity index is 2.04. The summed E-state index contributed by atoms with van der Waals surface area (Å²) in [4.78, 5) is 8.64. The normalized spacial score (nSPS) is 12.0. The largest absolute Gasteiger partial charge is 0.496 e. The number of ether oxygens (including phenoxy) is 2. The molecule has 0 spiro atoms. The van der Waals surface area contributed by atoms with Gasteiger partial charge in [0.25, 0.3) is 0 Å². The highest BCUT2D eigenvalue weighted by Gasteiger charge is 2.25. The molecule has 0 radical (unpaired) electrons. The van der Waals surface area contributed by atoms with Crippen LogP contribution in [0, 0.1) is 13.8 Å². The lowest BCUT2D eigenvalue weighted by Gasteiger charge is -2.31. The van der Waals surface area contributed by atoms with Crippen molar-refractivity contribution >= 4 is 16.5 Å². The highest BCUT2D eigenvalue weighted by atomic mass is 32.1. The van der Waals surface area contributed by atoms with Crippen molar-refractivity contribution in [3.8, 4) is 17.0 Å². The van der Waals surface area contributed by atoms with E-state index in [0.29, 0.717) is 6.61 Å². The number of methoxy groups -OCH3 is 2. The third-order valence-corrected chi connectivity index (χ3v) is 6.00. The fraction of sp³-hybridized carbons (Fsp3) is 0.375. The minimum Gasteiger partial charge on any atom is -0.496 e. The number of aromatic nitrogens is 1. The molecule has 3 rings (SSSR count). The highest BCUT2D eigenvalue weighted by molar-refractivity contribution is 7.16. The Morgan fingerprint density at radius 2 is 1.83 bits per heavy atom. The molecule has 5 heteroatoms. The van der Waals surface area contributed by atoms with Crippen molar-refractivity contribution in [3.63, 3.8) is 0 Å². The van der Waals surface area contributed by atoms with Crippen LogP contribution in [0.15, 0.2) is 48.5 Å². The van der Waals surface area contributed by atoms with Crippen LogP contribution in [0.5, 0.6) is 5.75 Å². The molecule has 1 aromatic heterocycles. The molecule has 0 saturated carbocycles. The summed E-state index contributed by atoms with van der Waals surface area (Å²) >= 11 is 1.73. The first-order valence-corrected chi connectivity index (χ1v) is 10.8. The molecule has 0 amide bonds. The van der Waals surface area contributed by atoms with Gasteiger partial charge in [0.2, 0.25) is 0 Å². The van der Waals surface area contributed by atoms with Gasteiger partial charge in [-0.3, -0.25) is 0 Å². The molecule has 2 aromatic carbocycles. The number of hydrogen-bond acceptors (Lipinski definition) is 5. The maximum atomic E-state index is 5.64. The van der Waals surface area contributed by atoms with Crippen molar-refractivity contribution in [2.24, 2.45) is 0 Å². The van der Waals surface area contributed by atoms with Gasteiger partial charge in [-0.2, -0.15) is 0 Å². The molecule has 29 heavy (non-hydrogen) atoms. The highest BCUT2D eigenvalue weighted by Crippen LogP contribution is 2.39. The Bertz CT molecular complexity index is 924. The van der Waals surface area contributed by atoms with Crippen molar-refractivity contribution in [2.45, 2.75) is 33.2 Å². The summed E-state index contributed by atoms with van der Waals surface area (Å²) in [6.45, 7) is 7.94. The zero-order valence-corrected chi connectivity index (χ0v) is 18.8. The smallest absolute Gasteiger partial charge is 0.186 e. The van der Waals surface area contributed by atoms with Gasteiger partial charge in [0.05, 0.1) is 25.5 Å². The van der Waals surface area contributed by atoms with Gasteiger partial charge in [0, 0.05) is 24.1 Å². The standard InChI is InChI=1S/C24H30N2O2S/c1-6-14-26(21(16-27-4)19-10-8-7-9-11-19)24-25-23(18(3)29-24)20-13-12-17(2)15-22(20)28-5/h7-13,15,21H,6,14,16H2,1-5H3. The van der Waals surface area contributed by atoms with E-state index in [9.17, 15) is 0 Å². The average Bonchev–Trinajstić information content (AvgIpc) is 3.12. The van der Waals surface area contributed by atoms with E-state index in [2.05, 4.69) is 68.1 Å². The van der Waals surface area contributed by atoms with Gasteiger partial charge < -0.3 is 14.4 Å². The predicted octanol–water partition coefficient (Wildman–Crippen LogP) is 6.04. The molecule has 0 bridgehead atoms. The van der Waals surface area contributed by atoms with Crippen LogP contribution in [-0.4, -0.2) is 32.4 Å². The Morgan fingerprint density at radius 3 is 2.48 bits per heavy atom. The van der Waals surface area contributed by atoms with E-state index in [1.54, 1.807) is 25.6 Å². The van der Waals surface area contributed by atoms with E-state index < -0.39 is 0 Å². The molecule has 4 nitrogen and oxygen atoms in total. The first kappa shape index (κ1) is 21.3. The molecular formula is C24H30N2O2S. The van der Waals surface area contributed by atoms with Gasteiger partial charge >= 0.3 is 0 Å². The first-order valence-electron chi connectivity index (χ1n) is 10.0. The zero-order chi connectivity index (χ0) is 20.8. The van der Waals surface area contributed by atoms with Crippen molar-refractivity contribution in [1.29, 1.82) is 0 Å². The number of benzene rings is 2. The summed E-state index contributed by atoms with van der Waals surface area (Å²) in [5.74, 6) is 0.864. The van der Waals surface area contributed by atoms with Gasteiger partial charge in [-0.1, -0.05) is 43.3 Å². The quantitative estimate of drug-likeness (QED) is 0.431. The summed E-state index contributed by atoms with van der Waals surface area (Å²) in [5.41, 5.74) is 4.45. The predicted molar refractivity (Wildman–Crippen MR) is 122 cm³/mol. The van der Waals surface area contributed by atoms with Crippen molar-refractivity contribution in [1.82, 2.24) is 4.98 Å². The minimum atomic E-state index is 0.125. The third-order valence-electron chi connectivity index (χ3n) is 4.99. The molecule has 0 aliphatic carbocycles. The first-order chi connectivity index (χ1) is 14.1. The van der Waals surface area contributed by atoms with Crippen LogP contribution < -0.4 is 9.64 Å². The fourth-order valence-electron chi connectivity index (χ4n) is 3.57. The Hall–Kier alpha value is -2.37.